The Balaban J connectivity index is 1.67. The van der Waals surface area contributed by atoms with Crippen LogP contribution in [0.25, 0.3) is 0 Å². The fraction of sp³-hybridized carbons (Fsp3) is 0.636. The Morgan fingerprint density at radius 2 is 1.96 bits per heavy atom. The van der Waals surface area contributed by atoms with Crippen LogP contribution in [0.3, 0.4) is 0 Å². The molecule has 0 spiro atoms. The van der Waals surface area contributed by atoms with E-state index >= 15 is 0 Å². The number of nitrogens with one attached hydrogen (secondary N) is 1. The van der Waals surface area contributed by atoms with Gasteiger partial charge < -0.3 is 15.1 Å². The molecule has 0 aromatic heterocycles. The number of anilines is 1. The van der Waals surface area contributed by atoms with Crippen molar-refractivity contribution in [1.82, 2.24) is 10.2 Å². The number of benzene rings is 1. The van der Waals surface area contributed by atoms with E-state index in [1.54, 1.807) is 0 Å². The SMILES string of the molecule is CCC(C)c1ccccc1N1CC(C(=O)N2CCC(CNC)CC2)CC1=O. The van der Waals surface area contributed by atoms with Gasteiger partial charge in [0.25, 0.3) is 0 Å². The van der Waals surface area contributed by atoms with E-state index in [0.29, 0.717) is 24.8 Å². The second-order valence-corrected chi connectivity index (χ2v) is 8.10. The lowest BCUT2D eigenvalue weighted by atomic mass is 9.95. The Bertz CT molecular complexity index is 667. The van der Waals surface area contributed by atoms with Gasteiger partial charge in [0, 0.05) is 31.7 Å². The molecule has 2 atom stereocenters. The summed E-state index contributed by atoms with van der Waals surface area (Å²) in [5.74, 6) is 1.09. The maximum absolute atomic E-state index is 13.0. The smallest absolute Gasteiger partial charge is 0.228 e. The van der Waals surface area contributed by atoms with Gasteiger partial charge in [-0.1, -0.05) is 32.0 Å². The summed E-state index contributed by atoms with van der Waals surface area (Å²) in [7, 11) is 1.98. The van der Waals surface area contributed by atoms with E-state index in [-0.39, 0.29) is 17.7 Å². The molecule has 5 heteroatoms. The molecule has 148 valence electrons. The summed E-state index contributed by atoms with van der Waals surface area (Å²) < 4.78 is 0. The van der Waals surface area contributed by atoms with Gasteiger partial charge in [0.1, 0.15) is 0 Å². The third-order valence-electron chi connectivity index (χ3n) is 6.26. The molecular weight excluding hydrogens is 338 g/mol. The lowest BCUT2D eigenvalue weighted by Gasteiger charge is -2.33. The zero-order valence-corrected chi connectivity index (χ0v) is 16.9. The topological polar surface area (TPSA) is 52.7 Å². The van der Waals surface area contributed by atoms with Crippen molar-refractivity contribution in [2.45, 2.75) is 45.4 Å². The predicted molar refractivity (Wildman–Crippen MR) is 109 cm³/mol. The molecule has 3 rings (SSSR count). The highest BCUT2D eigenvalue weighted by Gasteiger charge is 2.38. The summed E-state index contributed by atoms with van der Waals surface area (Å²) in [6.07, 6.45) is 3.47. The predicted octanol–water partition coefficient (Wildman–Crippen LogP) is 3.01. The molecule has 2 unspecified atom stereocenters. The molecule has 2 heterocycles. The van der Waals surface area contributed by atoms with Crippen molar-refractivity contribution in [2.24, 2.45) is 11.8 Å². The summed E-state index contributed by atoms with van der Waals surface area (Å²) in [5, 5.41) is 3.23. The van der Waals surface area contributed by atoms with E-state index in [4.69, 9.17) is 0 Å². The van der Waals surface area contributed by atoms with Crippen molar-refractivity contribution in [2.75, 3.05) is 38.1 Å². The molecule has 1 N–H and O–H groups in total. The molecule has 1 aromatic rings. The Morgan fingerprint density at radius 1 is 1.26 bits per heavy atom. The van der Waals surface area contributed by atoms with Crippen molar-refractivity contribution in [1.29, 1.82) is 0 Å². The van der Waals surface area contributed by atoms with E-state index in [1.807, 2.05) is 35.0 Å². The third kappa shape index (κ3) is 4.34. The molecule has 0 aliphatic carbocycles. The Kier molecular flexibility index (Phi) is 6.53. The van der Waals surface area contributed by atoms with Crippen LogP contribution in [0.2, 0.25) is 0 Å². The molecular formula is C22H33N3O2. The summed E-state index contributed by atoms with van der Waals surface area (Å²) in [6.45, 7) is 7.53. The quantitative estimate of drug-likeness (QED) is 0.836. The molecule has 2 fully saturated rings. The van der Waals surface area contributed by atoms with Gasteiger partial charge in [-0.05, 0) is 56.3 Å². The number of hydrogen-bond acceptors (Lipinski definition) is 3. The minimum absolute atomic E-state index is 0.0779. The van der Waals surface area contributed by atoms with Crippen LogP contribution in [-0.4, -0.2) is 49.9 Å². The van der Waals surface area contributed by atoms with Crippen molar-refractivity contribution in [3.05, 3.63) is 29.8 Å². The highest BCUT2D eigenvalue weighted by atomic mass is 16.2. The number of hydrogen-bond donors (Lipinski definition) is 1. The van der Waals surface area contributed by atoms with Gasteiger partial charge in [-0.3, -0.25) is 9.59 Å². The second kappa shape index (κ2) is 8.87. The van der Waals surface area contributed by atoms with Crippen LogP contribution in [0, 0.1) is 11.8 Å². The Hall–Kier alpha value is -1.88. The maximum atomic E-state index is 13.0. The summed E-state index contributed by atoms with van der Waals surface area (Å²) in [4.78, 5) is 29.5. The number of rotatable bonds is 6. The number of likely N-dealkylation sites (tertiary alicyclic amines) is 1. The third-order valence-corrected chi connectivity index (χ3v) is 6.26. The molecule has 2 amide bonds. The molecule has 27 heavy (non-hydrogen) atoms. The molecule has 2 aliphatic rings. The highest BCUT2D eigenvalue weighted by Crippen LogP contribution is 2.34. The van der Waals surface area contributed by atoms with Gasteiger partial charge in [-0.2, -0.15) is 0 Å². The highest BCUT2D eigenvalue weighted by molar-refractivity contribution is 6.00. The first-order valence-corrected chi connectivity index (χ1v) is 10.4. The maximum Gasteiger partial charge on any atom is 0.228 e. The monoisotopic (exact) mass is 371 g/mol. The fourth-order valence-electron chi connectivity index (χ4n) is 4.38. The van der Waals surface area contributed by atoms with Crippen molar-refractivity contribution in [3.8, 4) is 0 Å². The number of carbonyl (C=O) groups is 2. The lowest BCUT2D eigenvalue weighted by Crippen LogP contribution is -2.43. The van der Waals surface area contributed by atoms with Crippen LogP contribution >= 0.6 is 0 Å². The van der Waals surface area contributed by atoms with Gasteiger partial charge in [-0.15, -0.1) is 0 Å². The van der Waals surface area contributed by atoms with E-state index in [9.17, 15) is 9.59 Å². The molecule has 0 radical (unpaired) electrons. The number of carbonyl (C=O) groups excluding carboxylic acids is 2. The first kappa shape index (κ1) is 19.9. The first-order valence-electron chi connectivity index (χ1n) is 10.4. The van der Waals surface area contributed by atoms with Crippen LogP contribution in [-0.2, 0) is 9.59 Å². The standard InChI is InChI=1S/C22H33N3O2/c1-4-16(2)19-7-5-6-8-20(19)25-15-18(13-21(25)26)22(27)24-11-9-17(10-12-24)14-23-3/h5-8,16-18,23H,4,9-15H2,1-3H3. The fourth-order valence-corrected chi connectivity index (χ4v) is 4.38. The number of amides is 2. The first-order chi connectivity index (χ1) is 13.0. The van der Waals surface area contributed by atoms with Crippen LogP contribution < -0.4 is 10.2 Å². The van der Waals surface area contributed by atoms with Crippen LogP contribution in [0.15, 0.2) is 24.3 Å². The largest absolute Gasteiger partial charge is 0.342 e. The minimum atomic E-state index is -0.205. The van der Waals surface area contributed by atoms with Gasteiger partial charge in [0.2, 0.25) is 11.8 Å². The summed E-state index contributed by atoms with van der Waals surface area (Å²) in [5.41, 5.74) is 2.19. The normalized spacial score (nSPS) is 22.3. The van der Waals surface area contributed by atoms with Crippen molar-refractivity contribution < 1.29 is 9.59 Å². The molecule has 0 saturated carbocycles. The second-order valence-electron chi connectivity index (χ2n) is 8.10. The average molecular weight is 372 g/mol. The number of piperidine rings is 1. The average Bonchev–Trinajstić information content (AvgIpc) is 3.09. The lowest BCUT2D eigenvalue weighted by molar-refractivity contribution is -0.137. The number of nitrogens with zero attached hydrogens (tertiary/aromatic N) is 2. The van der Waals surface area contributed by atoms with E-state index < -0.39 is 0 Å². The van der Waals surface area contributed by atoms with Gasteiger partial charge in [-0.25, -0.2) is 0 Å². The van der Waals surface area contributed by atoms with E-state index in [0.717, 1.165) is 44.6 Å². The molecule has 0 bridgehead atoms. The van der Waals surface area contributed by atoms with Crippen LogP contribution in [0.4, 0.5) is 5.69 Å². The summed E-state index contributed by atoms with van der Waals surface area (Å²) >= 11 is 0. The van der Waals surface area contributed by atoms with Gasteiger partial charge >= 0.3 is 0 Å². The van der Waals surface area contributed by atoms with E-state index in [1.165, 1.54) is 5.56 Å². The number of para-hydroxylation sites is 1. The minimum Gasteiger partial charge on any atom is -0.342 e. The molecule has 5 nitrogen and oxygen atoms in total. The van der Waals surface area contributed by atoms with Crippen molar-refractivity contribution >= 4 is 17.5 Å². The zero-order chi connectivity index (χ0) is 19.4. The summed E-state index contributed by atoms with van der Waals surface area (Å²) in [6, 6.07) is 8.15. The zero-order valence-electron chi connectivity index (χ0n) is 16.9. The molecule has 1 aromatic carbocycles. The van der Waals surface area contributed by atoms with Crippen molar-refractivity contribution in [3.63, 3.8) is 0 Å². The molecule has 2 saturated heterocycles. The Labute approximate surface area is 163 Å². The molecule has 2 aliphatic heterocycles. The van der Waals surface area contributed by atoms with Gasteiger partial charge in [0.05, 0.1) is 5.92 Å². The van der Waals surface area contributed by atoms with Crippen LogP contribution in [0.1, 0.15) is 51.0 Å². The van der Waals surface area contributed by atoms with E-state index in [2.05, 4.69) is 25.2 Å². The Morgan fingerprint density at radius 3 is 2.63 bits per heavy atom. The van der Waals surface area contributed by atoms with Crippen LogP contribution in [0.5, 0.6) is 0 Å². The van der Waals surface area contributed by atoms with Gasteiger partial charge in [0.15, 0.2) is 0 Å².